The second kappa shape index (κ2) is 6.02. The van der Waals surface area contributed by atoms with Crippen molar-refractivity contribution in [2.75, 3.05) is 0 Å². The van der Waals surface area contributed by atoms with Crippen molar-refractivity contribution in [3.8, 4) is 10.8 Å². The van der Waals surface area contributed by atoms with Gasteiger partial charge < -0.3 is 10.3 Å². The molecule has 1 aliphatic rings. The summed E-state index contributed by atoms with van der Waals surface area (Å²) < 4.78 is 5.44. The molecule has 2 aromatic rings. The van der Waals surface area contributed by atoms with Gasteiger partial charge in [0.05, 0.1) is 16.2 Å². The normalized spacial score (nSPS) is 16.6. The third kappa shape index (κ3) is 3.12. The fourth-order valence-corrected chi connectivity index (χ4v) is 3.33. The highest BCUT2D eigenvalue weighted by atomic mass is 35.5. The molecule has 1 fully saturated rings. The number of aryl methyl sites for hydroxylation is 1. The largest absolute Gasteiger partial charge is 0.333 e. The van der Waals surface area contributed by atoms with E-state index >= 15 is 0 Å². The topological polar surface area (TPSA) is 77.8 Å². The van der Waals surface area contributed by atoms with Crippen molar-refractivity contribution in [3.63, 3.8) is 0 Å². The smallest absolute Gasteiger partial charge is 0.270 e. The SMILES string of the molecule is Cc1nc(CC(C)C)c(-c2nc(C3(N)CCC3)no2)s1.Cl. The molecule has 0 radical (unpaired) electrons. The molecule has 0 bridgehead atoms. The molecule has 3 rings (SSSR count). The summed E-state index contributed by atoms with van der Waals surface area (Å²) in [4.78, 5) is 10.1. The van der Waals surface area contributed by atoms with Crippen LogP contribution in [0.1, 0.15) is 49.6 Å². The molecule has 1 saturated carbocycles. The van der Waals surface area contributed by atoms with Gasteiger partial charge in [-0.3, -0.25) is 0 Å². The van der Waals surface area contributed by atoms with Crippen LogP contribution in [0.2, 0.25) is 0 Å². The summed E-state index contributed by atoms with van der Waals surface area (Å²) in [5.41, 5.74) is 6.92. The van der Waals surface area contributed by atoms with Crippen LogP contribution in [0.15, 0.2) is 4.52 Å². The molecule has 2 N–H and O–H groups in total. The zero-order valence-electron chi connectivity index (χ0n) is 12.5. The van der Waals surface area contributed by atoms with Crippen LogP contribution < -0.4 is 5.73 Å². The number of hydrogen-bond donors (Lipinski definition) is 1. The van der Waals surface area contributed by atoms with E-state index in [1.807, 2.05) is 6.92 Å². The van der Waals surface area contributed by atoms with Crippen LogP contribution in [0.25, 0.3) is 10.8 Å². The maximum absolute atomic E-state index is 6.24. The Bertz CT molecular complexity index is 618. The Morgan fingerprint density at radius 1 is 1.33 bits per heavy atom. The van der Waals surface area contributed by atoms with Gasteiger partial charge in [-0.25, -0.2) is 4.98 Å². The van der Waals surface area contributed by atoms with Crippen LogP contribution in [0.5, 0.6) is 0 Å². The van der Waals surface area contributed by atoms with Crippen LogP contribution in [-0.4, -0.2) is 15.1 Å². The molecule has 21 heavy (non-hydrogen) atoms. The van der Waals surface area contributed by atoms with E-state index in [2.05, 4.69) is 29.0 Å². The maximum Gasteiger partial charge on any atom is 0.270 e. The molecule has 0 spiro atoms. The van der Waals surface area contributed by atoms with Crippen LogP contribution in [-0.2, 0) is 12.0 Å². The minimum atomic E-state index is -0.375. The monoisotopic (exact) mass is 328 g/mol. The lowest BCUT2D eigenvalue weighted by atomic mass is 9.77. The molecule has 116 valence electrons. The number of aromatic nitrogens is 3. The fraction of sp³-hybridized carbons (Fsp3) is 0.643. The highest BCUT2D eigenvalue weighted by Gasteiger charge is 2.39. The number of nitrogens with zero attached hydrogens (tertiary/aromatic N) is 3. The van der Waals surface area contributed by atoms with E-state index in [0.29, 0.717) is 17.6 Å². The Kier molecular flexibility index (Phi) is 4.70. The predicted molar refractivity (Wildman–Crippen MR) is 85.6 cm³/mol. The first kappa shape index (κ1) is 16.4. The lowest BCUT2D eigenvalue weighted by Gasteiger charge is -2.34. The quantitative estimate of drug-likeness (QED) is 0.929. The minimum Gasteiger partial charge on any atom is -0.333 e. The Morgan fingerprint density at radius 2 is 2.05 bits per heavy atom. The second-order valence-electron chi connectivity index (χ2n) is 6.04. The Balaban J connectivity index is 0.00000161. The van der Waals surface area contributed by atoms with Crippen molar-refractivity contribution >= 4 is 23.7 Å². The Labute approximate surface area is 134 Å². The molecular formula is C14H21ClN4OS. The summed E-state index contributed by atoms with van der Waals surface area (Å²) in [6, 6.07) is 0. The maximum atomic E-state index is 6.24. The van der Waals surface area contributed by atoms with Gasteiger partial charge in [0.15, 0.2) is 5.82 Å². The molecule has 5 nitrogen and oxygen atoms in total. The third-order valence-corrected chi connectivity index (χ3v) is 4.72. The molecule has 2 aromatic heterocycles. The van der Waals surface area contributed by atoms with Gasteiger partial charge in [0.2, 0.25) is 0 Å². The van der Waals surface area contributed by atoms with Crippen LogP contribution in [0.3, 0.4) is 0 Å². The van der Waals surface area contributed by atoms with Gasteiger partial charge >= 0.3 is 0 Å². The first-order valence-corrected chi connectivity index (χ1v) is 7.89. The van der Waals surface area contributed by atoms with Gasteiger partial charge in [-0.1, -0.05) is 19.0 Å². The van der Waals surface area contributed by atoms with Crippen molar-refractivity contribution in [1.82, 2.24) is 15.1 Å². The van der Waals surface area contributed by atoms with Gasteiger partial charge in [0, 0.05) is 0 Å². The molecular weight excluding hydrogens is 308 g/mol. The van der Waals surface area contributed by atoms with E-state index in [9.17, 15) is 0 Å². The molecule has 0 aromatic carbocycles. The first-order chi connectivity index (χ1) is 9.48. The standard InChI is InChI=1S/C14H20N4OS.ClH/c1-8(2)7-10-11(20-9(3)16-10)12-17-13(18-19-12)14(15)5-4-6-14;/h8H,4-7,15H2,1-3H3;1H. The molecule has 2 heterocycles. The third-order valence-electron chi connectivity index (χ3n) is 3.72. The van der Waals surface area contributed by atoms with Crippen molar-refractivity contribution in [2.24, 2.45) is 11.7 Å². The number of rotatable bonds is 4. The van der Waals surface area contributed by atoms with Crippen molar-refractivity contribution in [3.05, 3.63) is 16.5 Å². The lowest BCUT2D eigenvalue weighted by molar-refractivity contribution is 0.229. The van der Waals surface area contributed by atoms with Crippen LogP contribution in [0.4, 0.5) is 0 Å². The van der Waals surface area contributed by atoms with E-state index in [0.717, 1.165) is 41.3 Å². The minimum absolute atomic E-state index is 0. The van der Waals surface area contributed by atoms with E-state index in [4.69, 9.17) is 10.3 Å². The van der Waals surface area contributed by atoms with E-state index in [1.54, 1.807) is 11.3 Å². The van der Waals surface area contributed by atoms with Gasteiger partial charge in [0.25, 0.3) is 5.89 Å². The number of hydrogen-bond acceptors (Lipinski definition) is 6. The summed E-state index contributed by atoms with van der Waals surface area (Å²) in [6.07, 6.45) is 3.93. The highest BCUT2D eigenvalue weighted by Crippen LogP contribution is 2.38. The molecule has 0 atom stereocenters. The van der Waals surface area contributed by atoms with Crippen molar-refractivity contribution < 1.29 is 4.52 Å². The number of nitrogens with two attached hydrogens (primary N) is 1. The van der Waals surface area contributed by atoms with Crippen LogP contribution >= 0.6 is 23.7 Å². The van der Waals surface area contributed by atoms with E-state index in [1.165, 1.54) is 0 Å². The molecule has 0 unspecified atom stereocenters. The van der Waals surface area contributed by atoms with Gasteiger partial charge in [-0.2, -0.15) is 4.98 Å². The summed E-state index contributed by atoms with van der Waals surface area (Å²) in [6.45, 7) is 6.37. The van der Waals surface area contributed by atoms with Crippen molar-refractivity contribution in [2.45, 2.75) is 52.0 Å². The van der Waals surface area contributed by atoms with Gasteiger partial charge in [-0.15, -0.1) is 23.7 Å². The summed E-state index contributed by atoms with van der Waals surface area (Å²) >= 11 is 1.61. The van der Waals surface area contributed by atoms with Crippen molar-refractivity contribution in [1.29, 1.82) is 0 Å². The second-order valence-corrected chi connectivity index (χ2v) is 7.24. The Hall–Kier alpha value is -0.980. The number of thiazole rings is 1. The highest BCUT2D eigenvalue weighted by molar-refractivity contribution is 7.15. The van der Waals surface area contributed by atoms with E-state index < -0.39 is 0 Å². The zero-order chi connectivity index (χ0) is 14.3. The Morgan fingerprint density at radius 3 is 2.62 bits per heavy atom. The first-order valence-electron chi connectivity index (χ1n) is 7.08. The molecule has 0 saturated heterocycles. The average Bonchev–Trinajstić information content (AvgIpc) is 2.92. The molecule has 7 heteroatoms. The van der Waals surface area contributed by atoms with Gasteiger partial charge in [-0.05, 0) is 38.5 Å². The number of halogens is 1. The van der Waals surface area contributed by atoms with Crippen LogP contribution in [0, 0.1) is 12.8 Å². The summed E-state index contributed by atoms with van der Waals surface area (Å²) in [5.74, 6) is 1.75. The fourth-order valence-electron chi connectivity index (χ4n) is 2.46. The summed E-state index contributed by atoms with van der Waals surface area (Å²) in [5, 5.41) is 5.11. The zero-order valence-corrected chi connectivity index (χ0v) is 14.2. The lowest BCUT2D eigenvalue weighted by Crippen LogP contribution is -2.44. The average molecular weight is 329 g/mol. The predicted octanol–water partition coefficient (Wildman–Crippen LogP) is 3.46. The van der Waals surface area contributed by atoms with Gasteiger partial charge in [0.1, 0.15) is 4.88 Å². The van der Waals surface area contributed by atoms with E-state index in [-0.39, 0.29) is 17.9 Å². The molecule has 1 aliphatic carbocycles. The molecule has 0 amide bonds. The summed E-state index contributed by atoms with van der Waals surface area (Å²) in [7, 11) is 0. The molecule has 0 aliphatic heterocycles.